The number of ether oxygens (including phenoxy) is 2. The third-order valence-corrected chi connectivity index (χ3v) is 14.7. The summed E-state index contributed by atoms with van der Waals surface area (Å²) >= 11 is 0. The molecule has 4 heterocycles. The number of sulfone groups is 1. The summed E-state index contributed by atoms with van der Waals surface area (Å²) in [5, 5.41) is 15.0. The molecule has 8 rings (SSSR count). The van der Waals surface area contributed by atoms with Gasteiger partial charge < -0.3 is 18.3 Å². The summed E-state index contributed by atoms with van der Waals surface area (Å²) in [4.78, 5) is 8.70. The fraction of sp³-hybridized carbons (Fsp3) is 0.296. The van der Waals surface area contributed by atoms with Crippen molar-refractivity contribution < 1.29 is 53.1 Å². The number of aromatic nitrogens is 8. The first kappa shape index (κ1) is 53.5. The normalized spacial score (nSPS) is 13.2. The molecule has 75 heavy (non-hydrogen) atoms. The van der Waals surface area contributed by atoms with Gasteiger partial charge in [-0.05, 0) is 135 Å². The van der Waals surface area contributed by atoms with Crippen LogP contribution < -0.4 is 9.47 Å². The van der Waals surface area contributed by atoms with Gasteiger partial charge in [0.25, 0.3) is 0 Å². The Balaban J connectivity index is 0.699. The second kappa shape index (κ2) is 24.0. The highest BCUT2D eigenvalue weighted by Crippen LogP contribution is 2.33. The molecule has 4 aromatic carbocycles. The molecule has 0 fully saturated rings. The molecule has 0 saturated carbocycles. The highest BCUT2D eigenvalue weighted by molar-refractivity contribution is 7.91. The second-order valence-corrected chi connectivity index (χ2v) is 20.3. The minimum Gasteiger partial charge on any atom is -0.487 e. The van der Waals surface area contributed by atoms with Crippen molar-refractivity contribution in [2.45, 2.75) is 102 Å². The van der Waals surface area contributed by atoms with Crippen LogP contribution in [0.1, 0.15) is 118 Å². The Morgan fingerprint density at radius 2 is 0.933 bits per heavy atom. The summed E-state index contributed by atoms with van der Waals surface area (Å²) in [6, 6.07) is 25.0. The lowest BCUT2D eigenvalue weighted by Crippen LogP contribution is -2.18. The minimum absolute atomic E-state index is 0.167. The molecule has 21 heteroatoms. The van der Waals surface area contributed by atoms with E-state index < -0.39 is 43.8 Å². The van der Waals surface area contributed by atoms with E-state index >= 15 is 0 Å². The zero-order valence-electron chi connectivity index (χ0n) is 40.8. The number of aryl methyl sites for hydroxylation is 4. The molecule has 0 aliphatic rings. The predicted octanol–water partition coefficient (Wildman–Crippen LogP) is 12.7. The molecular weight excluding hydrogens is 1000 g/mol. The number of hydrogen-bond acceptors (Lipinski definition) is 12. The van der Waals surface area contributed by atoms with E-state index in [9.17, 15) is 34.8 Å². The quantitative estimate of drug-likeness (QED) is 0.0416. The number of alkyl halides is 6. The first-order valence-electron chi connectivity index (χ1n) is 24.0. The van der Waals surface area contributed by atoms with Crippen LogP contribution in [-0.4, -0.2) is 48.4 Å². The summed E-state index contributed by atoms with van der Waals surface area (Å²) in [6.45, 7) is 4.69. The molecule has 8 aromatic rings. The lowest BCUT2D eigenvalue weighted by molar-refractivity contribution is -0.138. The molecular formula is C54H52F6N8O6S. The van der Waals surface area contributed by atoms with Crippen LogP contribution >= 0.6 is 0 Å². The van der Waals surface area contributed by atoms with Gasteiger partial charge in [-0.25, -0.2) is 18.4 Å². The van der Waals surface area contributed by atoms with Crippen LogP contribution in [0.15, 0.2) is 131 Å². The van der Waals surface area contributed by atoms with Gasteiger partial charge in [-0.1, -0.05) is 59.0 Å². The first-order valence-corrected chi connectivity index (χ1v) is 25.6. The highest BCUT2D eigenvalue weighted by atomic mass is 32.2. The Kier molecular flexibility index (Phi) is 17.1. The summed E-state index contributed by atoms with van der Waals surface area (Å²) in [7, 11) is -3.75. The second-order valence-electron chi connectivity index (χ2n) is 17.7. The van der Waals surface area contributed by atoms with Crippen LogP contribution in [0, 0.1) is 0 Å². The van der Waals surface area contributed by atoms with E-state index in [0.717, 1.165) is 73.9 Å². The molecule has 0 amide bonds. The Bertz CT molecular complexity index is 3040. The lowest BCUT2D eigenvalue weighted by Gasteiger charge is -2.15. The Hall–Kier alpha value is -7.81. The van der Waals surface area contributed by atoms with E-state index in [2.05, 4.69) is 30.6 Å². The van der Waals surface area contributed by atoms with Crippen LogP contribution in [0.4, 0.5) is 26.3 Å². The average molecular weight is 1060 g/mol. The van der Waals surface area contributed by atoms with Crippen molar-refractivity contribution in [3.63, 3.8) is 0 Å². The zero-order valence-corrected chi connectivity index (χ0v) is 41.6. The fourth-order valence-electron chi connectivity index (χ4n) is 7.72. The monoisotopic (exact) mass is 1050 g/mol. The van der Waals surface area contributed by atoms with Gasteiger partial charge in [0.05, 0.1) is 11.1 Å². The van der Waals surface area contributed by atoms with Crippen LogP contribution in [0.2, 0.25) is 0 Å². The van der Waals surface area contributed by atoms with E-state index in [4.69, 9.17) is 18.3 Å². The molecule has 0 bridgehead atoms. The molecule has 2 atom stereocenters. The number of unbranched alkanes of at least 4 members (excludes halogenated alkanes) is 2. The van der Waals surface area contributed by atoms with Gasteiger partial charge >= 0.3 is 12.4 Å². The van der Waals surface area contributed by atoms with Crippen molar-refractivity contribution in [1.82, 2.24) is 40.0 Å². The standard InChI is InChI=1S/C54H52F6N8O6S/c1-37(49-31-67(65-63-49)29-5-3-7-39-13-23-47(24-14-39)71-33-45-35-73-51(61-45)27-17-41-9-19-43(20-10-41)53(55,56)57)75(69,70)38(2)50-32-68(66-64-50)30-6-4-8-40-15-25-48(26-16-40)72-34-46-36-74-52(62-46)28-18-42-11-21-44(22-12-42)54(58,59)60/h9-28,31-32,35-38H,3-8,29-30,33-34H2,1-2H3/b27-17+,28-18+. The van der Waals surface area contributed by atoms with E-state index in [1.54, 1.807) is 59.9 Å². The molecule has 0 aliphatic heterocycles. The average Bonchev–Trinajstić information content (AvgIpc) is 4.26. The lowest BCUT2D eigenvalue weighted by atomic mass is 10.1. The van der Waals surface area contributed by atoms with E-state index in [1.807, 2.05) is 48.5 Å². The Morgan fingerprint density at radius 1 is 0.547 bits per heavy atom. The summed E-state index contributed by atoms with van der Waals surface area (Å²) < 4.78 is 130. The third kappa shape index (κ3) is 15.1. The van der Waals surface area contributed by atoms with Gasteiger partial charge in [-0.15, -0.1) is 10.2 Å². The fourth-order valence-corrected chi connectivity index (χ4v) is 9.22. The molecule has 0 spiro atoms. The molecule has 0 aliphatic carbocycles. The van der Waals surface area contributed by atoms with E-state index in [1.165, 1.54) is 36.8 Å². The summed E-state index contributed by atoms with van der Waals surface area (Å²) in [5.41, 5.74) is 3.79. The van der Waals surface area contributed by atoms with Gasteiger partial charge in [0.15, 0.2) is 9.84 Å². The minimum atomic E-state index is -4.39. The van der Waals surface area contributed by atoms with Crippen molar-refractivity contribution in [2.24, 2.45) is 0 Å². The number of benzene rings is 4. The highest BCUT2D eigenvalue weighted by Gasteiger charge is 2.34. The summed E-state index contributed by atoms with van der Waals surface area (Å²) in [6.07, 6.45) is 8.81. The molecule has 14 nitrogen and oxygen atoms in total. The maximum Gasteiger partial charge on any atom is 0.416 e. The van der Waals surface area contributed by atoms with E-state index in [0.29, 0.717) is 70.3 Å². The molecule has 392 valence electrons. The van der Waals surface area contributed by atoms with Crippen LogP contribution in [0.3, 0.4) is 0 Å². The molecule has 4 aromatic heterocycles. The van der Waals surface area contributed by atoms with Gasteiger partial charge in [0, 0.05) is 37.6 Å². The Labute approximate surface area is 428 Å². The summed E-state index contributed by atoms with van der Waals surface area (Å²) in [5.74, 6) is 1.90. The SMILES string of the molecule is CC(c1cn(CCCCc2ccc(OCc3coc(/C=C/c4ccc(C(F)(F)F)cc4)n3)cc2)nn1)S(=O)(=O)C(C)c1cn(CCCCc2ccc(OCc3coc(/C=C/c4ccc(C(F)(F)F)cc4)n3)cc2)nn1. The van der Waals surface area contributed by atoms with Gasteiger partial charge in [-0.3, -0.25) is 9.36 Å². The van der Waals surface area contributed by atoms with Crippen molar-refractivity contribution in [1.29, 1.82) is 0 Å². The Morgan fingerprint density at radius 3 is 1.31 bits per heavy atom. The number of oxazole rings is 2. The van der Waals surface area contributed by atoms with Gasteiger partial charge in [-0.2, -0.15) is 26.3 Å². The number of halogens is 6. The molecule has 0 N–H and O–H groups in total. The topological polar surface area (TPSA) is 166 Å². The largest absolute Gasteiger partial charge is 0.487 e. The zero-order chi connectivity index (χ0) is 53.0. The molecule has 2 unspecified atom stereocenters. The van der Waals surface area contributed by atoms with Crippen molar-refractivity contribution >= 4 is 34.1 Å². The van der Waals surface area contributed by atoms with Gasteiger partial charge in [0.2, 0.25) is 11.8 Å². The molecule has 0 radical (unpaired) electrons. The maximum absolute atomic E-state index is 13.7. The van der Waals surface area contributed by atoms with Crippen LogP contribution in [0.5, 0.6) is 11.5 Å². The van der Waals surface area contributed by atoms with Crippen LogP contribution in [-0.2, 0) is 61.3 Å². The van der Waals surface area contributed by atoms with Crippen LogP contribution in [0.25, 0.3) is 24.3 Å². The van der Waals surface area contributed by atoms with Crippen molar-refractivity contribution in [3.05, 3.63) is 190 Å². The third-order valence-electron chi connectivity index (χ3n) is 12.2. The maximum atomic E-state index is 13.7. The number of rotatable bonds is 24. The van der Waals surface area contributed by atoms with Gasteiger partial charge in [0.1, 0.15) is 70.5 Å². The first-order chi connectivity index (χ1) is 35.9. The number of nitrogens with zero attached hydrogens (tertiary/aromatic N) is 8. The smallest absolute Gasteiger partial charge is 0.416 e. The van der Waals surface area contributed by atoms with Crippen molar-refractivity contribution in [2.75, 3.05) is 0 Å². The van der Waals surface area contributed by atoms with E-state index in [-0.39, 0.29) is 13.2 Å². The predicted molar refractivity (Wildman–Crippen MR) is 267 cm³/mol. The number of hydrogen-bond donors (Lipinski definition) is 0. The van der Waals surface area contributed by atoms with Crippen molar-refractivity contribution in [3.8, 4) is 11.5 Å². The molecule has 0 saturated heterocycles.